The Kier molecular flexibility index (Phi) is 6.52. The molecule has 0 radical (unpaired) electrons. The number of carboxylic acids is 1. The van der Waals surface area contributed by atoms with Crippen molar-refractivity contribution in [2.75, 3.05) is 19.6 Å². The number of nitrogens with one attached hydrogen (secondary N) is 1. The van der Waals surface area contributed by atoms with E-state index in [0.717, 1.165) is 37.7 Å². The molecule has 0 saturated heterocycles. The highest BCUT2D eigenvalue weighted by Gasteiger charge is 2.24. The first kappa shape index (κ1) is 17.4. The Morgan fingerprint density at radius 1 is 1.22 bits per heavy atom. The quantitative estimate of drug-likeness (QED) is 0.766. The largest absolute Gasteiger partial charge is 0.480 e. The first-order valence-electron chi connectivity index (χ1n) is 8.01. The third-order valence-electron chi connectivity index (χ3n) is 4.23. The number of benzene rings is 1. The smallest absolute Gasteiger partial charge is 0.322 e. The second kappa shape index (κ2) is 8.62. The second-order valence-corrected chi connectivity index (χ2v) is 5.96. The first-order valence-corrected chi connectivity index (χ1v) is 8.01. The zero-order valence-electron chi connectivity index (χ0n) is 13.1. The molecular formula is C17H23FN2O3. The highest BCUT2D eigenvalue weighted by molar-refractivity contribution is 5.82. The Morgan fingerprint density at radius 3 is 2.48 bits per heavy atom. The van der Waals surface area contributed by atoms with Crippen LogP contribution < -0.4 is 5.32 Å². The van der Waals surface area contributed by atoms with Crippen molar-refractivity contribution in [2.24, 2.45) is 0 Å². The minimum atomic E-state index is -1.04. The Morgan fingerprint density at radius 2 is 1.87 bits per heavy atom. The molecule has 0 heterocycles. The third kappa shape index (κ3) is 5.98. The van der Waals surface area contributed by atoms with Gasteiger partial charge >= 0.3 is 5.97 Å². The van der Waals surface area contributed by atoms with Crippen LogP contribution in [-0.2, 0) is 16.0 Å². The minimum Gasteiger partial charge on any atom is -0.480 e. The van der Waals surface area contributed by atoms with E-state index < -0.39 is 5.97 Å². The summed E-state index contributed by atoms with van der Waals surface area (Å²) in [7, 11) is 0. The summed E-state index contributed by atoms with van der Waals surface area (Å²) in [5.41, 5.74) is 1.03. The maximum absolute atomic E-state index is 12.9. The zero-order chi connectivity index (χ0) is 16.7. The monoisotopic (exact) mass is 322 g/mol. The Bertz CT molecular complexity index is 527. The van der Waals surface area contributed by atoms with Crippen LogP contribution in [0.1, 0.15) is 31.2 Å². The van der Waals surface area contributed by atoms with E-state index in [2.05, 4.69) is 10.2 Å². The maximum atomic E-state index is 12.9. The van der Waals surface area contributed by atoms with Gasteiger partial charge < -0.3 is 10.4 Å². The van der Waals surface area contributed by atoms with E-state index in [9.17, 15) is 14.0 Å². The molecule has 2 N–H and O–H groups in total. The van der Waals surface area contributed by atoms with Crippen molar-refractivity contribution in [1.29, 1.82) is 0 Å². The summed E-state index contributed by atoms with van der Waals surface area (Å²) in [6, 6.07) is 6.76. The molecule has 1 aliphatic rings. The summed E-state index contributed by atoms with van der Waals surface area (Å²) in [4.78, 5) is 24.5. The van der Waals surface area contributed by atoms with Gasteiger partial charge in [0.25, 0.3) is 0 Å². The van der Waals surface area contributed by atoms with Crippen molar-refractivity contribution in [3.05, 3.63) is 35.6 Å². The Balaban J connectivity index is 1.89. The fourth-order valence-electron chi connectivity index (χ4n) is 3.00. The van der Waals surface area contributed by atoms with Gasteiger partial charge in [-0.3, -0.25) is 14.5 Å². The van der Waals surface area contributed by atoms with Gasteiger partial charge in [-0.05, 0) is 37.0 Å². The second-order valence-electron chi connectivity index (χ2n) is 5.96. The summed E-state index contributed by atoms with van der Waals surface area (Å²) in [5.74, 6) is -1.56. The molecule has 1 aliphatic carbocycles. The van der Waals surface area contributed by atoms with Crippen LogP contribution in [0.4, 0.5) is 4.39 Å². The van der Waals surface area contributed by atoms with Gasteiger partial charge in [0.1, 0.15) is 12.4 Å². The third-order valence-corrected chi connectivity index (χ3v) is 4.23. The van der Waals surface area contributed by atoms with Crippen molar-refractivity contribution in [1.82, 2.24) is 10.2 Å². The molecule has 1 aromatic rings. The number of hydrogen-bond acceptors (Lipinski definition) is 3. The van der Waals surface area contributed by atoms with Gasteiger partial charge in [-0.1, -0.05) is 25.0 Å². The van der Waals surface area contributed by atoms with Gasteiger partial charge in [0, 0.05) is 12.6 Å². The number of nitrogens with zero attached hydrogens (tertiary/aromatic N) is 1. The van der Waals surface area contributed by atoms with E-state index in [1.54, 1.807) is 12.1 Å². The van der Waals surface area contributed by atoms with E-state index in [1.165, 1.54) is 12.1 Å². The van der Waals surface area contributed by atoms with Crippen LogP contribution in [0.25, 0.3) is 0 Å². The van der Waals surface area contributed by atoms with E-state index in [-0.39, 0.29) is 24.8 Å². The highest BCUT2D eigenvalue weighted by atomic mass is 19.1. The van der Waals surface area contributed by atoms with Crippen LogP contribution in [0, 0.1) is 5.82 Å². The fourth-order valence-corrected chi connectivity index (χ4v) is 3.00. The Labute approximate surface area is 135 Å². The molecule has 0 bridgehead atoms. The summed E-state index contributed by atoms with van der Waals surface area (Å²) >= 11 is 0. The van der Waals surface area contributed by atoms with Crippen LogP contribution in [-0.4, -0.2) is 47.6 Å². The van der Waals surface area contributed by atoms with E-state index in [4.69, 9.17) is 5.11 Å². The standard InChI is InChI=1S/C17H23FN2O3/c18-14-7-5-13(6-8-14)9-10-20(15-3-1-2-4-15)12-16(21)19-11-17(22)23/h5-8,15H,1-4,9-12H2,(H,19,21)(H,22,23). The van der Waals surface area contributed by atoms with Crippen molar-refractivity contribution < 1.29 is 19.1 Å². The maximum Gasteiger partial charge on any atom is 0.322 e. The van der Waals surface area contributed by atoms with Crippen molar-refractivity contribution >= 4 is 11.9 Å². The molecule has 0 aliphatic heterocycles. The number of carbonyl (C=O) groups excluding carboxylic acids is 1. The van der Waals surface area contributed by atoms with Crippen LogP contribution in [0.2, 0.25) is 0 Å². The molecule has 126 valence electrons. The zero-order valence-corrected chi connectivity index (χ0v) is 13.1. The summed E-state index contributed by atoms with van der Waals surface area (Å²) < 4.78 is 12.9. The molecule has 0 atom stereocenters. The molecule has 1 aromatic carbocycles. The predicted molar refractivity (Wildman–Crippen MR) is 84.6 cm³/mol. The molecule has 1 saturated carbocycles. The first-order chi connectivity index (χ1) is 11.0. The average molecular weight is 322 g/mol. The molecule has 6 heteroatoms. The molecule has 0 spiro atoms. The molecule has 1 fully saturated rings. The number of carbonyl (C=O) groups is 2. The van der Waals surface area contributed by atoms with Crippen molar-refractivity contribution in [2.45, 2.75) is 38.1 Å². The van der Waals surface area contributed by atoms with Crippen LogP contribution in [0.15, 0.2) is 24.3 Å². The number of amides is 1. The SMILES string of the molecule is O=C(O)CNC(=O)CN(CCc1ccc(F)cc1)C1CCCC1. The number of halogens is 1. The molecule has 1 amide bonds. The number of hydrogen-bond donors (Lipinski definition) is 2. The minimum absolute atomic E-state index is 0.207. The summed E-state index contributed by atoms with van der Waals surface area (Å²) in [5, 5.41) is 11.0. The van der Waals surface area contributed by atoms with Crippen molar-refractivity contribution in [3.63, 3.8) is 0 Å². The van der Waals surface area contributed by atoms with Crippen LogP contribution in [0.3, 0.4) is 0 Å². The van der Waals surface area contributed by atoms with Crippen LogP contribution in [0.5, 0.6) is 0 Å². The number of aliphatic carboxylic acids is 1. The van der Waals surface area contributed by atoms with Gasteiger partial charge in [0.05, 0.1) is 6.54 Å². The lowest BCUT2D eigenvalue weighted by Gasteiger charge is -2.28. The predicted octanol–water partition coefficient (Wildman–Crippen LogP) is 1.81. The van der Waals surface area contributed by atoms with Gasteiger partial charge in [0.15, 0.2) is 0 Å². The summed E-state index contributed by atoms with van der Waals surface area (Å²) in [6.45, 7) is 0.561. The molecule has 0 aromatic heterocycles. The highest BCUT2D eigenvalue weighted by Crippen LogP contribution is 2.23. The van der Waals surface area contributed by atoms with Gasteiger partial charge in [-0.25, -0.2) is 4.39 Å². The topological polar surface area (TPSA) is 69.6 Å². The van der Waals surface area contributed by atoms with E-state index in [0.29, 0.717) is 12.6 Å². The molecule has 2 rings (SSSR count). The Hall–Kier alpha value is -1.95. The van der Waals surface area contributed by atoms with Gasteiger partial charge in [-0.15, -0.1) is 0 Å². The van der Waals surface area contributed by atoms with Crippen molar-refractivity contribution in [3.8, 4) is 0 Å². The molecule has 5 nitrogen and oxygen atoms in total. The molecular weight excluding hydrogens is 299 g/mol. The van der Waals surface area contributed by atoms with Gasteiger partial charge in [0.2, 0.25) is 5.91 Å². The molecule has 0 unspecified atom stereocenters. The van der Waals surface area contributed by atoms with E-state index >= 15 is 0 Å². The summed E-state index contributed by atoms with van der Waals surface area (Å²) in [6.07, 6.45) is 5.19. The average Bonchev–Trinajstić information content (AvgIpc) is 3.05. The van der Waals surface area contributed by atoms with E-state index in [1.807, 2.05) is 0 Å². The normalized spacial score (nSPS) is 15.0. The van der Waals surface area contributed by atoms with Crippen LogP contribution >= 0.6 is 0 Å². The lowest BCUT2D eigenvalue weighted by molar-refractivity contribution is -0.138. The van der Waals surface area contributed by atoms with Gasteiger partial charge in [-0.2, -0.15) is 0 Å². The number of rotatable bonds is 8. The lowest BCUT2D eigenvalue weighted by Crippen LogP contribution is -2.44. The lowest BCUT2D eigenvalue weighted by atomic mass is 10.1. The number of carboxylic acid groups (broad SMARTS) is 1. The fraction of sp³-hybridized carbons (Fsp3) is 0.529. The molecule has 23 heavy (non-hydrogen) atoms.